The molecule has 7 nitrogen and oxygen atoms in total. The highest BCUT2D eigenvalue weighted by atomic mass is 32.2. The highest BCUT2D eigenvalue weighted by molar-refractivity contribution is 7.89. The number of sulfonamides is 1. The van der Waals surface area contributed by atoms with Gasteiger partial charge in [0.15, 0.2) is 5.13 Å². The first kappa shape index (κ1) is 18.0. The van der Waals surface area contributed by atoms with Gasteiger partial charge < -0.3 is 14.4 Å². The molecule has 1 atom stereocenters. The van der Waals surface area contributed by atoms with Crippen LogP contribution in [0.25, 0.3) is 0 Å². The average Bonchev–Trinajstić information content (AvgIpc) is 3.30. The number of benzene rings is 1. The number of rotatable bonds is 7. The fourth-order valence-corrected chi connectivity index (χ4v) is 4.93. The molecule has 2 heterocycles. The second-order valence-electron chi connectivity index (χ2n) is 5.67. The van der Waals surface area contributed by atoms with Crippen molar-refractivity contribution >= 4 is 26.5 Å². The second-order valence-corrected chi connectivity index (χ2v) is 8.28. The number of nitrogens with one attached hydrogen (secondary N) is 1. The average molecular weight is 383 g/mol. The van der Waals surface area contributed by atoms with Crippen molar-refractivity contribution < 1.29 is 17.9 Å². The van der Waals surface area contributed by atoms with Crippen molar-refractivity contribution in [1.82, 2.24) is 9.71 Å². The van der Waals surface area contributed by atoms with Crippen molar-refractivity contribution in [2.75, 3.05) is 32.2 Å². The van der Waals surface area contributed by atoms with E-state index in [9.17, 15) is 8.42 Å². The second kappa shape index (κ2) is 7.59. The van der Waals surface area contributed by atoms with Gasteiger partial charge in [-0.05, 0) is 25.0 Å². The maximum atomic E-state index is 12.8. The minimum Gasteiger partial charge on any atom is -0.497 e. The summed E-state index contributed by atoms with van der Waals surface area (Å²) in [7, 11) is -0.771. The SMILES string of the molecule is COc1ccc(OC)c(S(=O)(=O)NCC2CCCN2c2nccs2)c1. The summed E-state index contributed by atoms with van der Waals surface area (Å²) in [6.07, 6.45) is 3.71. The van der Waals surface area contributed by atoms with Gasteiger partial charge in [-0.1, -0.05) is 0 Å². The van der Waals surface area contributed by atoms with Crippen molar-refractivity contribution in [2.45, 2.75) is 23.8 Å². The van der Waals surface area contributed by atoms with Gasteiger partial charge in [0.05, 0.1) is 14.2 Å². The van der Waals surface area contributed by atoms with E-state index in [0.29, 0.717) is 12.3 Å². The normalized spacial score (nSPS) is 17.7. The predicted octanol–water partition coefficient (Wildman–Crippen LogP) is 2.11. The molecule has 25 heavy (non-hydrogen) atoms. The van der Waals surface area contributed by atoms with Crippen LogP contribution in [0.5, 0.6) is 11.5 Å². The summed E-state index contributed by atoms with van der Waals surface area (Å²) >= 11 is 1.57. The summed E-state index contributed by atoms with van der Waals surface area (Å²) in [6.45, 7) is 1.21. The van der Waals surface area contributed by atoms with Crippen LogP contribution in [0, 0.1) is 0 Å². The van der Waals surface area contributed by atoms with E-state index in [2.05, 4.69) is 14.6 Å². The zero-order chi connectivity index (χ0) is 17.9. The standard InChI is InChI=1S/C16H21N3O4S2/c1-22-13-5-6-14(23-2)15(10-13)25(20,21)18-11-12-4-3-8-19(12)16-17-7-9-24-16/h5-7,9-10,12,18H,3-4,8,11H2,1-2H3. The Morgan fingerprint density at radius 2 is 2.20 bits per heavy atom. The van der Waals surface area contributed by atoms with E-state index in [1.807, 2.05) is 5.38 Å². The van der Waals surface area contributed by atoms with Crippen molar-refractivity contribution in [3.63, 3.8) is 0 Å². The largest absolute Gasteiger partial charge is 0.497 e. The molecule has 1 aromatic heterocycles. The maximum Gasteiger partial charge on any atom is 0.244 e. The van der Waals surface area contributed by atoms with Crippen molar-refractivity contribution in [2.24, 2.45) is 0 Å². The number of ether oxygens (including phenoxy) is 2. The first-order chi connectivity index (χ1) is 12.0. The first-order valence-corrected chi connectivity index (χ1v) is 10.3. The molecule has 0 aliphatic carbocycles. The van der Waals surface area contributed by atoms with Crippen molar-refractivity contribution in [3.05, 3.63) is 29.8 Å². The predicted molar refractivity (Wildman–Crippen MR) is 97.2 cm³/mol. The topological polar surface area (TPSA) is 80.8 Å². The molecule has 2 aromatic rings. The van der Waals surface area contributed by atoms with Crippen LogP contribution < -0.4 is 19.1 Å². The van der Waals surface area contributed by atoms with E-state index < -0.39 is 10.0 Å². The molecule has 0 saturated carbocycles. The quantitative estimate of drug-likeness (QED) is 0.789. The molecule has 0 radical (unpaired) electrons. The molecule has 1 aromatic carbocycles. The lowest BCUT2D eigenvalue weighted by Gasteiger charge is -2.24. The van der Waals surface area contributed by atoms with Gasteiger partial charge in [0.25, 0.3) is 0 Å². The Bertz CT molecular complexity index is 809. The highest BCUT2D eigenvalue weighted by Crippen LogP contribution is 2.29. The number of methoxy groups -OCH3 is 2. The zero-order valence-corrected chi connectivity index (χ0v) is 15.8. The summed E-state index contributed by atoms with van der Waals surface area (Å²) in [5, 5.41) is 2.86. The number of nitrogens with zero attached hydrogens (tertiary/aromatic N) is 2. The third-order valence-electron chi connectivity index (χ3n) is 4.21. The minimum absolute atomic E-state index is 0.0770. The Morgan fingerprint density at radius 1 is 1.36 bits per heavy atom. The van der Waals surface area contributed by atoms with Gasteiger partial charge in [0.2, 0.25) is 10.0 Å². The van der Waals surface area contributed by atoms with Crippen molar-refractivity contribution in [1.29, 1.82) is 0 Å². The minimum atomic E-state index is -3.71. The Hall–Kier alpha value is -1.84. The first-order valence-electron chi connectivity index (χ1n) is 7.93. The van der Waals surface area contributed by atoms with Gasteiger partial charge in [-0.3, -0.25) is 0 Å². The van der Waals surface area contributed by atoms with Gasteiger partial charge in [0.1, 0.15) is 16.4 Å². The van der Waals surface area contributed by atoms with Gasteiger partial charge in [-0.2, -0.15) is 0 Å². The van der Waals surface area contributed by atoms with E-state index >= 15 is 0 Å². The lowest BCUT2D eigenvalue weighted by molar-refractivity contribution is 0.392. The lowest BCUT2D eigenvalue weighted by Crippen LogP contribution is -2.40. The van der Waals surface area contributed by atoms with Gasteiger partial charge in [-0.15, -0.1) is 11.3 Å². The molecule has 136 valence electrons. The van der Waals surface area contributed by atoms with Crippen LogP contribution >= 0.6 is 11.3 Å². The molecule has 1 fully saturated rings. The molecular weight excluding hydrogens is 362 g/mol. The van der Waals surface area contributed by atoms with E-state index in [1.54, 1.807) is 29.7 Å². The number of thiazole rings is 1. The summed E-state index contributed by atoms with van der Waals surface area (Å²) in [6, 6.07) is 4.82. The van der Waals surface area contributed by atoms with Crippen LogP contribution in [-0.2, 0) is 10.0 Å². The van der Waals surface area contributed by atoms with Crippen LogP contribution in [0.1, 0.15) is 12.8 Å². The molecule has 0 bridgehead atoms. The van der Waals surface area contributed by atoms with E-state index in [-0.39, 0.29) is 16.7 Å². The number of anilines is 1. The Balaban J connectivity index is 1.76. The molecular formula is C16H21N3O4S2. The molecule has 1 saturated heterocycles. The van der Waals surface area contributed by atoms with E-state index in [0.717, 1.165) is 24.5 Å². The smallest absolute Gasteiger partial charge is 0.244 e. The number of hydrogen-bond donors (Lipinski definition) is 1. The molecule has 0 spiro atoms. The van der Waals surface area contributed by atoms with Gasteiger partial charge in [0, 0.05) is 36.8 Å². The molecule has 1 N–H and O–H groups in total. The Labute approximate surface area is 151 Å². The molecule has 0 amide bonds. The van der Waals surface area contributed by atoms with Gasteiger partial charge >= 0.3 is 0 Å². The summed E-state index contributed by atoms with van der Waals surface area (Å²) in [5.41, 5.74) is 0. The number of aromatic nitrogens is 1. The van der Waals surface area contributed by atoms with Crippen LogP contribution in [0.4, 0.5) is 5.13 Å². The van der Waals surface area contributed by atoms with Crippen molar-refractivity contribution in [3.8, 4) is 11.5 Å². The third kappa shape index (κ3) is 3.88. The Kier molecular flexibility index (Phi) is 5.45. The summed E-state index contributed by atoms with van der Waals surface area (Å²) in [4.78, 5) is 6.57. The summed E-state index contributed by atoms with van der Waals surface area (Å²) < 4.78 is 38.5. The van der Waals surface area contributed by atoms with E-state index in [1.165, 1.54) is 20.3 Å². The highest BCUT2D eigenvalue weighted by Gasteiger charge is 2.29. The molecule has 3 rings (SSSR count). The molecule has 1 aliphatic rings. The van der Waals surface area contributed by atoms with Crippen LogP contribution in [-0.4, -0.2) is 46.8 Å². The third-order valence-corrected chi connectivity index (χ3v) is 6.46. The molecule has 1 unspecified atom stereocenters. The fourth-order valence-electron chi connectivity index (χ4n) is 2.94. The molecule has 9 heteroatoms. The van der Waals surface area contributed by atoms with E-state index in [4.69, 9.17) is 9.47 Å². The van der Waals surface area contributed by atoms with Crippen LogP contribution in [0.15, 0.2) is 34.7 Å². The lowest BCUT2D eigenvalue weighted by atomic mass is 10.2. The summed E-state index contributed by atoms with van der Waals surface area (Å²) in [5.74, 6) is 0.753. The Morgan fingerprint density at radius 3 is 2.88 bits per heavy atom. The van der Waals surface area contributed by atoms with Gasteiger partial charge in [-0.25, -0.2) is 18.1 Å². The maximum absolute atomic E-state index is 12.8. The molecule has 1 aliphatic heterocycles. The van der Waals surface area contributed by atoms with Crippen LogP contribution in [0.3, 0.4) is 0 Å². The van der Waals surface area contributed by atoms with Crippen LogP contribution in [0.2, 0.25) is 0 Å². The monoisotopic (exact) mass is 383 g/mol. The number of hydrogen-bond acceptors (Lipinski definition) is 7. The fraction of sp³-hybridized carbons (Fsp3) is 0.438. The zero-order valence-electron chi connectivity index (χ0n) is 14.1.